The summed E-state index contributed by atoms with van der Waals surface area (Å²) in [4.78, 5) is 9.20. The van der Waals surface area contributed by atoms with Gasteiger partial charge < -0.3 is 0 Å². The molecule has 46 heavy (non-hydrogen) atoms. The second kappa shape index (κ2) is 10.8. The molecule has 9 aromatic rings. The lowest BCUT2D eigenvalue weighted by molar-refractivity contribution is 1.30. The zero-order valence-corrected chi connectivity index (χ0v) is 25.1. The van der Waals surface area contributed by atoms with Gasteiger partial charge in [0.1, 0.15) is 0 Å². The van der Waals surface area contributed by atoms with Crippen molar-refractivity contribution in [1.29, 1.82) is 0 Å². The molecule has 0 unspecified atom stereocenters. The maximum atomic E-state index is 4.92. The van der Waals surface area contributed by atoms with E-state index in [4.69, 9.17) is 4.98 Å². The largest absolute Gasteiger partial charge is 0.264 e. The van der Waals surface area contributed by atoms with Crippen LogP contribution < -0.4 is 0 Å². The monoisotopic (exact) mass is 584 g/mol. The summed E-state index contributed by atoms with van der Waals surface area (Å²) in [6.45, 7) is 0. The SMILES string of the molecule is c1cncc(-c2ccc(-c3ccc4c(-c5ccc6ccccc6c5)c5ccccc5c(-c5ccc6ccccc6c5)c4c3)nc2)c1. The summed E-state index contributed by atoms with van der Waals surface area (Å²) < 4.78 is 0. The first-order valence-corrected chi connectivity index (χ1v) is 15.6. The molecule has 0 aliphatic rings. The van der Waals surface area contributed by atoms with Crippen LogP contribution in [0.1, 0.15) is 0 Å². The van der Waals surface area contributed by atoms with E-state index in [1.807, 2.05) is 18.5 Å². The third kappa shape index (κ3) is 4.43. The van der Waals surface area contributed by atoms with E-state index < -0.39 is 0 Å². The lowest BCUT2D eigenvalue weighted by Gasteiger charge is -2.19. The number of benzene rings is 7. The molecule has 2 aromatic heterocycles. The van der Waals surface area contributed by atoms with Gasteiger partial charge in [-0.1, -0.05) is 121 Å². The molecule has 7 aromatic carbocycles. The molecule has 0 atom stereocenters. The minimum atomic E-state index is 0.944. The molecule has 9 rings (SSSR count). The Balaban J connectivity index is 1.33. The molecule has 214 valence electrons. The van der Waals surface area contributed by atoms with Crippen LogP contribution in [0, 0.1) is 0 Å². The minimum Gasteiger partial charge on any atom is -0.264 e. The highest BCUT2D eigenvalue weighted by Gasteiger charge is 2.18. The first kappa shape index (κ1) is 26.3. The van der Waals surface area contributed by atoms with Crippen LogP contribution in [0.15, 0.2) is 170 Å². The molecule has 0 N–H and O–H groups in total. The zero-order valence-electron chi connectivity index (χ0n) is 25.1. The van der Waals surface area contributed by atoms with E-state index in [1.54, 1.807) is 6.20 Å². The molecule has 0 bridgehead atoms. The molecule has 0 radical (unpaired) electrons. The topological polar surface area (TPSA) is 25.8 Å². The Kier molecular flexibility index (Phi) is 6.17. The van der Waals surface area contributed by atoms with Gasteiger partial charge in [-0.05, 0) is 95.7 Å². The fourth-order valence-electron chi connectivity index (χ4n) is 6.92. The van der Waals surface area contributed by atoms with Gasteiger partial charge in [0.2, 0.25) is 0 Å². The molecule has 0 aliphatic carbocycles. The average Bonchev–Trinajstić information content (AvgIpc) is 3.13. The Morgan fingerprint density at radius 1 is 0.326 bits per heavy atom. The number of rotatable bonds is 4. The van der Waals surface area contributed by atoms with Gasteiger partial charge in [-0.25, -0.2) is 0 Å². The molecule has 2 nitrogen and oxygen atoms in total. The Hall–Kier alpha value is -6.12. The highest BCUT2D eigenvalue weighted by molar-refractivity contribution is 6.22. The van der Waals surface area contributed by atoms with E-state index in [-0.39, 0.29) is 0 Å². The predicted octanol–water partition coefficient (Wildman–Crippen LogP) is 11.8. The van der Waals surface area contributed by atoms with Crippen molar-refractivity contribution in [3.05, 3.63) is 170 Å². The summed E-state index contributed by atoms with van der Waals surface area (Å²) in [5, 5.41) is 9.90. The van der Waals surface area contributed by atoms with Crippen molar-refractivity contribution in [2.75, 3.05) is 0 Å². The van der Waals surface area contributed by atoms with Gasteiger partial charge in [0.05, 0.1) is 5.69 Å². The van der Waals surface area contributed by atoms with Gasteiger partial charge in [-0.3, -0.25) is 9.97 Å². The van der Waals surface area contributed by atoms with E-state index >= 15 is 0 Å². The first-order valence-electron chi connectivity index (χ1n) is 15.6. The molecule has 0 saturated carbocycles. The normalized spacial score (nSPS) is 11.5. The Morgan fingerprint density at radius 3 is 1.48 bits per heavy atom. The van der Waals surface area contributed by atoms with E-state index in [2.05, 4.69) is 151 Å². The van der Waals surface area contributed by atoms with Crippen LogP contribution in [0.25, 0.3) is 87.7 Å². The number of hydrogen-bond donors (Lipinski definition) is 0. The van der Waals surface area contributed by atoms with E-state index in [0.29, 0.717) is 0 Å². The van der Waals surface area contributed by atoms with Crippen molar-refractivity contribution >= 4 is 43.1 Å². The van der Waals surface area contributed by atoms with Crippen LogP contribution in [-0.2, 0) is 0 Å². The van der Waals surface area contributed by atoms with Crippen molar-refractivity contribution in [1.82, 2.24) is 9.97 Å². The minimum absolute atomic E-state index is 0.944. The number of hydrogen-bond acceptors (Lipinski definition) is 2. The quantitative estimate of drug-likeness (QED) is 0.192. The fraction of sp³-hybridized carbons (Fsp3) is 0. The van der Waals surface area contributed by atoms with Gasteiger partial charge in [0, 0.05) is 35.3 Å². The van der Waals surface area contributed by atoms with Crippen LogP contribution in [0.3, 0.4) is 0 Å². The molecule has 0 aliphatic heterocycles. The standard InChI is InChI=1S/C44H28N2/c1-3-10-31-24-34(17-15-29(31)8-1)43-38-13-5-6-14-39(38)44(35-18-16-30-9-2-4-11-32(30)25-35)41-26-33(19-21-40(41)43)42-22-20-37(28-46-42)36-12-7-23-45-27-36/h1-28H. The molecule has 0 saturated heterocycles. The zero-order chi connectivity index (χ0) is 30.5. The number of aromatic nitrogens is 2. The third-order valence-electron chi connectivity index (χ3n) is 9.15. The van der Waals surface area contributed by atoms with E-state index in [9.17, 15) is 0 Å². The molecule has 2 heterocycles. The van der Waals surface area contributed by atoms with Crippen LogP contribution in [0.2, 0.25) is 0 Å². The predicted molar refractivity (Wildman–Crippen MR) is 194 cm³/mol. The maximum absolute atomic E-state index is 4.92. The van der Waals surface area contributed by atoms with Crippen molar-refractivity contribution in [2.24, 2.45) is 0 Å². The second-order valence-electron chi connectivity index (χ2n) is 11.9. The van der Waals surface area contributed by atoms with Gasteiger partial charge in [0.25, 0.3) is 0 Å². The molecule has 0 fully saturated rings. The van der Waals surface area contributed by atoms with Crippen molar-refractivity contribution in [3.63, 3.8) is 0 Å². The number of pyridine rings is 2. The second-order valence-corrected chi connectivity index (χ2v) is 11.9. The van der Waals surface area contributed by atoms with Gasteiger partial charge >= 0.3 is 0 Å². The number of fused-ring (bicyclic) bond motifs is 4. The lowest BCUT2D eigenvalue weighted by Crippen LogP contribution is -1.93. The number of nitrogens with zero attached hydrogens (tertiary/aromatic N) is 2. The summed E-state index contributed by atoms with van der Waals surface area (Å²) in [5.41, 5.74) is 9.08. The van der Waals surface area contributed by atoms with Gasteiger partial charge in [-0.15, -0.1) is 0 Å². The van der Waals surface area contributed by atoms with Crippen LogP contribution in [0.5, 0.6) is 0 Å². The van der Waals surface area contributed by atoms with Crippen molar-refractivity contribution in [3.8, 4) is 44.6 Å². The van der Waals surface area contributed by atoms with E-state index in [1.165, 1.54) is 65.3 Å². The highest BCUT2D eigenvalue weighted by atomic mass is 14.7. The average molecular weight is 585 g/mol. The van der Waals surface area contributed by atoms with Gasteiger partial charge in [0.15, 0.2) is 0 Å². The van der Waals surface area contributed by atoms with Crippen LogP contribution in [-0.4, -0.2) is 9.97 Å². The maximum Gasteiger partial charge on any atom is 0.0702 e. The van der Waals surface area contributed by atoms with Crippen molar-refractivity contribution < 1.29 is 0 Å². The Labute approximate surface area is 267 Å². The van der Waals surface area contributed by atoms with Crippen LogP contribution in [0.4, 0.5) is 0 Å². The molecule has 0 spiro atoms. The van der Waals surface area contributed by atoms with Gasteiger partial charge in [-0.2, -0.15) is 0 Å². The summed E-state index contributed by atoms with van der Waals surface area (Å²) in [7, 11) is 0. The molecular formula is C44H28N2. The smallest absolute Gasteiger partial charge is 0.0702 e. The first-order chi connectivity index (χ1) is 22.8. The summed E-state index contributed by atoms with van der Waals surface area (Å²) >= 11 is 0. The summed E-state index contributed by atoms with van der Waals surface area (Å²) in [6.07, 6.45) is 5.62. The van der Waals surface area contributed by atoms with Crippen molar-refractivity contribution in [2.45, 2.75) is 0 Å². The van der Waals surface area contributed by atoms with Crippen LogP contribution >= 0.6 is 0 Å². The van der Waals surface area contributed by atoms with E-state index in [0.717, 1.165) is 22.4 Å². The molecule has 2 heteroatoms. The Bertz CT molecular complexity index is 2570. The fourth-order valence-corrected chi connectivity index (χ4v) is 6.92. The Morgan fingerprint density at radius 2 is 0.870 bits per heavy atom. The molecule has 0 amide bonds. The summed E-state index contributed by atoms with van der Waals surface area (Å²) in [5.74, 6) is 0. The lowest BCUT2D eigenvalue weighted by atomic mass is 9.84. The summed E-state index contributed by atoms with van der Waals surface area (Å²) in [6, 6.07) is 54.9. The highest BCUT2D eigenvalue weighted by Crippen LogP contribution is 2.45. The molecular weight excluding hydrogens is 556 g/mol. The third-order valence-corrected chi connectivity index (χ3v) is 9.15.